The SMILES string of the molecule is COCCOc1ccc(-c2[nH]c(=O)n([C@H](C(=O)Nc3nc(C(=O)OC)cs3)[C@@H](C)OCc3ccccc3)c2O)cc1. The molecule has 0 spiro atoms. The van der Waals surface area contributed by atoms with Crippen LogP contribution in [0.4, 0.5) is 5.13 Å². The van der Waals surface area contributed by atoms with E-state index in [-0.39, 0.29) is 23.1 Å². The van der Waals surface area contributed by atoms with Crippen molar-refractivity contribution in [3.63, 3.8) is 0 Å². The number of esters is 1. The fraction of sp³-hybridized carbons (Fsp3) is 0.286. The maximum absolute atomic E-state index is 13.6. The maximum Gasteiger partial charge on any atom is 0.357 e. The molecule has 12 nitrogen and oxygen atoms in total. The number of hydrogen-bond donors (Lipinski definition) is 3. The van der Waals surface area contributed by atoms with Gasteiger partial charge in [0.05, 0.1) is 26.4 Å². The number of anilines is 1. The van der Waals surface area contributed by atoms with Crippen molar-refractivity contribution in [2.75, 3.05) is 32.8 Å². The van der Waals surface area contributed by atoms with Gasteiger partial charge in [-0.2, -0.15) is 0 Å². The van der Waals surface area contributed by atoms with Crippen molar-refractivity contribution < 1.29 is 33.6 Å². The molecule has 41 heavy (non-hydrogen) atoms. The highest BCUT2D eigenvalue weighted by Gasteiger charge is 2.34. The first-order valence-electron chi connectivity index (χ1n) is 12.6. The summed E-state index contributed by atoms with van der Waals surface area (Å²) < 4.78 is 22.2. The van der Waals surface area contributed by atoms with E-state index >= 15 is 0 Å². The summed E-state index contributed by atoms with van der Waals surface area (Å²) in [5.41, 5.74) is 0.782. The summed E-state index contributed by atoms with van der Waals surface area (Å²) in [5, 5.41) is 15.4. The summed E-state index contributed by atoms with van der Waals surface area (Å²) in [4.78, 5) is 45.3. The van der Waals surface area contributed by atoms with E-state index in [9.17, 15) is 19.5 Å². The lowest BCUT2D eigenvalue weighted by Crippen LogP contribution is -2.39. The molecule has 0 aliphatic rings. The van der Waals surface area contributed by atoms with Gasteiger partial charge in [0.25, 0.3) is 5.91 Å². The third kappa shape index (κ3) is 7.20. The lowest BCUT2D eigenvalue weighted by molar-refractivity contribution is -0.124. The number of rotatable bonds is 13. The molecule has 0 fully saturated rings. The third-order valence-corrected chi connectivity index (χ3v) is 6.84. The van der Waals surface area contributed by atoms with Crippen LogP contribution in [-0.2, 0) is 25.6 Å². The minimum Gasteiger partial charge on any atom is -0.493 e. The molecule has 0 aliphatic heterocycles. The number of thiazole rings is 1. The number of carbonyl (C=O) groups is 2. The molecule has 13 heteroatoms. The standard InChI is InChI=1S/C28H30N4O8S/c1-17(40-15-18-7-5-4-6-8-18)23(24(33)31-27-29-21(16-41-27)26(35)38-3)32-25(34)22(30-28(32)36)19-9-11-20(12-10-19)39-14-13-37-2/h4-12,16-17,23,34H,13-15H2,1-3H3,(H,30,36)(H,29,31,33)/t17-,23+/m1/s1. The summed E-state index contributed by atoms with van der Waals surface area (Å²) in [6.07, 6.45) is -0.876. The van der Waals surface area contributed by atoms with E-state index in [1.54, 1.807) is 38.3 Å². The second-order valence-electron chi connectivity index (χ2n) is 8.83. The van der Waals surface area contributed by atoms with Crippen molar-refractivity contribution in [1.82, 2.24) is 14.5 Å². The Labute approximate surface area is 239 Å². The van der Waals surface area contributed by atoms with Gasteiger partial charge in [0.15, 0.2) is 10.8 Å². The van der Waals surface area contributed by atoms with Gasteiger partial charge < -0.3 is 34.4 Å². The first-order valence-corrected chi connectivity index (χ1v) is 13.5. The molecular weight excluding hydrogens is 552 g/mol. The number of carbonyl (C=O) groups excluding carboxylic acids is 2. The summed E-state index contributed by atoms with van der Waals surface area (Å²) in [6, 6.07) is 14.7. The predicted molar refractivity (Wildman–Crippen MR) is 151 cm³/mol. The highest BCUT2D eigenvalue weighted by atomic mass is 32.1. The quantitative estimate of drug-likeness (QED) is 0.158. The number of nitrogens with zero attached hydrogens (tertiary/aromatic N) is 2. The minimum absolute atomic E-state index is 0.0244. The van der Waals surface area contributed by atoms with Crippen LogP contribution in [0.5, 0.6) is 11.6 Å². The molecule has 0 aliphatic carbocycles. The Morgan fingerprint density at radius 2 is 1.83 bits per heavy atom. The number of imidazole rings is 1. The number of benzene rings is 2. The highest BCUT2D eigenvalue weighted by molar-refractivity contribution is 7.14. The number of hydrogen-bond acceptors (Lipinski definition) is 10. The summed E-state index contributed by atoms with van der Waals surface area (Å²) in [7, 11) is 2.80. The van der Waals surface area contributed by atoms with E-state index in [1.165, 1.54) is 12.5 Å². The average Bonchev–Trinajstić information content (AvgIpc) is 3.57. The molecule has 216 valence electrons. The molecule has 0 saturated carbocycles. The van der Waals surface area contributed by atoms with Gasteiger partial charge in [0.2, 0.25) is 5.88 Å². The highest BCUT2D eigenvalue weighted by Crippen LogP contribution is 2.32. The molecular formula is C28H30N4O8S. The van der Waals surface area contributed by atoms with Crippen LogP contribution in [-0.4, -0.2) is 65.1 Å². The van der Waals surface area contributed by atoms with Crippen LogP contribution in [0, 0.1) is 0 Å². The first kappa shape index (κ1) is 29.5. The zero-order valence-corrected chi connectivity index (χ0v) is 23.5. The number of aromatic amines is 1. The normalized spacial score (nSPS) is 12.5. The Balaban J connectivity index is 1.63. The van der Waals surface area contributed by atoms with E-state index in [4.69, 9.17) is 14.2 Å². The zero-order chi connectivity index (χ0) is 29.4. The van der Waals surface area contributed by atoms with Crippen LogP contribution in [0.15, 0.2) is 64.8 Å². The van der Waals surface area contributed by atoms with Gasteiger partial charge >= 0.3 is 11.7 Å². The zero-order valence-electron chi connectivity index (χ0n) is 22.7. The first-order chi connectivity index (χ1) is 19.8. The van der Waals surface area contributed by atoms with Crippen molar-refractivity contribution in [1.29, 1.82) is 0 Å². The molecule has 0 unspecified atom stereocenters. The molecule has 3 N–H and O–H groups in total. The molecule has 1 amide bonds. The Morgan fingerprint density at radius 1 is 1.10 bits per heavy atom. The van der Waals surface area contributed by atoms with Gasteiger partial charge in [-0.3, -0.25) is 4.79 Å². The smallest absolute Gasteiger partial charge is 0.357 e. The Morgan fingerprint density at radius 3 is 2.51 bits per heavy atom. The van der Waals surface area contributed by atoms with E-state index < -0.39 is 35.6 Å². The summed E-state index contributed by atoms with van der Waals surface area (Å²) >= 11 is 1.01. The fourth-order valence-corrected chi connectivity index (χ4v) is 4.68. The largest absolute Gasteiger partial charge is 0.493 e. The Hall–Kier alpha value is -4.46. The Kier molecular flexibility index (Phi) is 9.90. The van der Waals surface area contributed by atoms with Crippen LogP contribution in [0.25, 0.3) is 11.3 Å². The average molecular weight is 583 g/mol. The number of nitrogens with one attached hydrogen (secondary N) is 2. The van der Waals surface area contributed by atoms with Gasteiger partial charge in [-0.15, -0.1) is 11.3 Å². The van der Waals surface area contributed by atoms with Gasteiger partial charge in [-0.1, -0.05) is 30.3 Å². The monoisotopic (exact) mass is 582 g/mol. The van der Waals surface area contributed by atoms with Crippen molar-refractivity contribution in [3.05, 3.63) is 81.7 Å². The summed E-state index contributed by atoms with van der Waals surface area (Å²) in [5.74, 6) is -1.20. The minimum atomic E-state index is -1.31. The summed E-state index contributed by atoms with van der Waals surface area (Å²) in [6.45, 7) is 2.58. The van der Waals surface area contributed by atoms with Crippen molar-refractivity contribution in [2.24, 2.45) is 0 Å². The molecule has 0 bridgehead atoms. The lowest BCUT2D eigenvalue weighted by atomic mass is 10.1. The van der Waals surface area contributed by atoms with Crippen molar-refractivity contribution in [3.8, 4) is 22.9 Å². The van der Waals surface area contributed by atoms with Gasteiger partial charge in [0.1, 0.15) is 24.1 Å². The lowest BCUT2D eigenvalue weighted by Gasteiger charge is -2.24. The Bertz CT molecular complexity index is 1510. The number of methoxy groups -OCH3 is 2. The molecule has 2 heterocycles. The molecule has 0 radical (unpaired) electrons. The van der Waals surface area contributed by atoms with Crippen LogP contribution in [0.2, 0.25) is 0 Å². The molecule has 2 aromatic heterocycles. The van der Waals surface area contributed by atoms with E-state index in [0.717, 1.165) is 21.5 Å². The number of amides is 1. The van der Waals surface area contributed by atoms with Crippen LogP contribution in [0.3, 0.4) is 0 Å². The molecule has 4 rings (SSSR count). The van der Waals surface area contributed by atoms with E-state index in [2.05, 4.69) is 20.0 Å². The number of aromatic nitrogens is 3. The molecule has 2 aromatic carbocycles. The van der Waals surface area contributed by atoms with E-state index in [0.29, 0.717) is 24.5 Å². The van der Waals surface area contributed by atoms with Crippen molar-refractivity contribution in [2.45, 2.75) is 25.7 Å². The molecule has 0 saturated heterocycles. The fourth-order valence-electron chi connectivity index (χ4n) is 4.00. The number of H-pyrrole nitrogens is 1. The second-order valence-corrected chi connectivity index (χ2v) is 9.69. The predicted octanol–water partition coefficient (Wildman–Crippen LogP) is 3.60. The third-order valence-electron chi connectivity index (χ3n) is 6.08. The topological polar surface area (TPSA) is 154 Å². The van der Waals surface area contributed by atoms with Gasteiger partial charge in [-0.25, -0.2) is 19.1 Å². The van der Waals surface area contributed by atoms with Gasteiger partial charge in [0, 0.05) is 18.1 Å². The molecule has 2 atom stereocenters. The number of ether oxygens (including phenoxy) is 4. The second kappa shape index (κ2) is 13.7. The van der Waals surface area contributed by atoms with Crippen LogP contribution < -0.4 is 15.7 Å². The van der Waals surface area contributed by atoms with Crippen molar-refractivity contribution >= 4 is 28.3 Å². The van der Waals surface area contributed by atoms with Gasteiger partial charge in [-0.05, 0) is 36.8 Å². The van der Waals surface area contributed by atoms with Crippen LogP contribution in [0.1, 0.15) is 29.0 Å². The van der Waals surface area contributed by atoms with Crippen LogP contribution >= 0.6 is 11.3 Å². The maximum atomic E-state index is 13.6. The number of aromatic hydroxyl groups is 1. The van der Waals surface area contributed by atoms with E-state index in [1.807, 2.05) is 30.3 Å². The molecule has 4 aromatic rings.